The Hall–Kier alpha value is -2.47. The zero-order chi connectivity index (χ0) is 18.6. The van der Waals surface area contributed by atoms with E-state index in [1.807, 2.05) is 6.07 Å². The highest BCUT2D eigenvalue weighted by molar-refractivity contribution is 5.82. The molecule has 5 nitrogen and oxygen atoms in total. The average molecular weight is 369 g/mol. The number of amides is 1. The lowest BCUT2D eigenvalue weighted by Crippen LogP contribution is -2.42. The molecule has 2 N–H and O–H groups in total. The van der Waals surface area contributed by atoms with Crippen molar-refractivity contribution >= 4 is 5.91 Å². The van der Waals surface area contributed by atoms with E-state index >= 15 is 0 Å². The van der Waals surface area contributed by atoms with Gasteiger partial charge in [0, 0.05) is 30.4 Å². The Bertz CT molecular complexity index is 800. The zero-order valence-electron chi connectivity index (χ0n) is 15.2. The van der Waals surface area contributed by atoms with Crippen LogP contribution >= 0.6 is 0 Å². The summed E-state index contributed by atoms with van der Waals surface area (Å²) >= 11 is 0. The van der Waals surface area contributed by atoms with Crippen molar-refractivity contribution in [3.63, 3.8) is 0 Å². The topological polar surface area (TPSA) is 63.2 Å². The molecule has 3 unspecified atom stereocenters. The Kier molecular flexibility index (Phi) is 5.34. The second kappa shape index (κ2) is 8.05. The van der Waals surface area contributed by atoms with Crippen molar-refractivity contribution in [2.45, 2.75) is 50.7 Å². The van der Waals surface area contributed by atoms with Crippen molar-refractivity contribution in [2.75, 3.05) is 0 Å². The predicted octanol–water partition coefficient (Wildman–Crippen LogP) is 3.55. The Morgan fingerprint density at radius 3 is 3.00 bits per heavy atom. The van der Waals surface area contributed by atoms with E-state index in [1.54, 1.807) is 24.4 Å². The number of pyridine rings is 1. The first-order valence-electron chi connectivity index (χ1n) is 9.60. The Balaban J connectivity index is 1.38. The van der Waals surface area contributed by atoms with Crippen LogP contribution in [0.15, 0.2) is 42.6 Å². The molecule has 1 aliphatic carbocycles. The maximum atomic E-state index is 13.4. The van der Waals surface area contributed by atoms with Gasteiger partial charge in [-0.05, 0) is 43.4 Å². The van der Waals surface area contributed by atoms with Gasteiger partial charge in [0.1, 0.15) is 11.6 Å². The molecule has 4 rings (SSSR count). The van der Waals surface area contributed by atoms with Gasteiger partial charge in [-0.1, -0.05) is 25.0 Å². The standard InChI is InChI=1S/C21H24FN3O2/c22-16-7-3-8-17(12-16)27-21-15(6-4-10-23-21)13-24-20(26)19-11-14-5-1-2-9-18(14)25-19/h3-4,6-8,10,12,14,18-19,25H,1-2,5,9,11,13H2,(H,24,26). The summed E-state index contributed by atoms with van der Waals surface area (Å²) in [6.45, 7) is 0.324. The van der Waals surface area contributed by atoms with E-state index in [1.165, 1.54) is 37.8 Å². The van der Waals surface area contributed by atoms with Crippen LogP contribution in [-0.4, -0.2) is 23.0 Å². The van der Waals surface area contributed by atoms with Crippen molar-refractivity contribution < 1.29 is 13.9 Å². The Labute approximate surface area is 158 Å². The maximum absolute atomic E-state index is 13.4. The van der Waals surface area contributed by atoms with Gasteiger partial charge in [0.15, 0.2) is 0 Å². The molecule has 142 valence electrons. The van der Waals surface area contributed by atoms with Crippen LogP contribution in [0.1, 0.15) is 37.7 Å². The Morgan fingerprint density at radius 2 is 2.15 bits per heavy atom. The van der Waals surface area contributed by atoms with Crippen LogP contribution in [0.5, 0.6) is 11.6 Å². The molecule has 1 saturated heterocycles. The number of hydrogen-bond donors (Lipinski definition) is 2. The molecule has 1 saturated carbocycles. The number of benzene rings is 1. The lowest BCUT2D eigenvalue weighted by atomic mass is 9.85. The summed E-state index contributed by atoms with van der Waals surface area (Å²) in [6.07, 6.45) is 7.43. The van der Waals surface area contributed by atoms with E-state index in [2.05, 4.69) is 15.6 Å². The largest absolute Gasteiger partial charge is 0.439 e. The van der Waals surface area contributed by atoms with E-state index < -0.39 is 0 Å². The Morgan fingerprint density at radius 1 is 1.26 bits per heavy atom. The molecule has 2 aliphatic rings. The monoisotopic (exact) mass is 369 g/mol. The lowest BCUT2D eigenvalue weighted by molar-refractivity contribution is -0.123. The highest BCUT2D eigenvalue weighted by Gasteiger charge is 2.38. The van der Waals surface area contributed by atoms with Gasteiger partial charge in [0.05, 0.1) is 6.04 Å². The smallest absolute Gasteiger partial charge is 0.237 e. The van der Waals surface area contributed by atoms with Gasteiger partial charge in [-0.25, -0.2) is 9.37 Å². The molecule has 0 bridgehead atoms. The van der Waals surface area contributed by atoms with Crippen LogP contribution in [0, 0.1) is 11.7 Å². The predicted molar refractivity (Wildman–Crippen MR) is 99.8 cm³/mol. The minimum Gasteiger partial charge on any atom is -0.439 e. The SMILES string of the molecule is O=C(NCc1cccnc1Oc1cccc(F)c1)C1CC2CCCCC2N1. The highest BCUT2D eigenvalue weighted by Crippen LogP contribution is 2.33. The third-order valence-corrected chi connectivity index (χ3v) is 5.49. The number of halogens is 1. The quantitative estimate of drug-likeness (QED) is 0.846. The van der Waals surface area contributed by atoms with Gasteiger partial charge in [-0.3, -0.25) is 4.79 Å². The molecule has 1 aromatic heterocycles. The molecule has 2 aromatic rings. The van der Waals surface area contributed by atoms with Gasteiger partial charge in [0.25, 0.3) is 0 Å². The molecule has 3 atom stereocenters. The summed E-state index contributed by atoms with van der Waals surface area (Å²) in [5, 5.41) is 6.48. The molecule has 2 fully saturated rings. The summed E-state index contributed by atoms with van der Waals surface area (Å²) < 4.78 is 19.1. The van der Waals surface area contributed by atoms with E-state index in [-0.39, 0.29) is 17.8 Å². The van der Waals surface area contributed by atoms with Crippen LogP contribution in [0.2, 0.25) is 0 Å². The van der Waals surface area contributed by atoms with E-state index in [0.29, 0.717) is 30.1 Å². The molecule has 2 heterocycles. The third-order valence-electron chi connectivity index (χ3n) is 5.49. The van der Waals surface area contributed by atoms with Crippen LogP contribution < -0.4 is 15.4 Å². The average Bonchev–Trinajstić information content (AvgIpc) is 3.11. The summed E-state index contributed by atoms with van der Waals surface area (Å²) in [5.74, 6) is 1.02. The number of nitrogens with one attached hydrogen (secondary N) is 2. The van der Waals surface area contributed by atoms with Gasteiger partial charge < -0.3 is 15.4 Å². The first kappa shape index (κ1) is 17.9. The number of aromatic nitrogens is 1. The first-order valence-corrected chi connectivity index (χ1v) is 9.60. The van der Waals surface area contributed by atoms with Crippen molar-refractivity contribution in [3.8, 4) is 11.6 Å². The van der Waals surface area contributed by atoms with Crippen molar-refractivity contribution in [3.05, 3.63) is 54.0 Å². The van der Waals surface area contributed by atoms with Crippen LogP contribution in [-0.2, 0) is 11.3 Å². The van der Waals surface area contributed by atoms with Gasteiger partial charge >= 0.3 is 0 Å². The molecule has 0 radical (unpaired) electrons. The molecule has 27 heavy (non-hydrogen) atoms. The molecule has 6 heteroatoms. The third kappa shape index (κ3) is 4.27. The van der Waals surface area contributed by atoms with Crippen molar-refractivity contribution in [2.24, 2.45) is 5.92 Å². The first-order chi connectivity index (χ1) is 13.2. The second-order valence-electron chi connectivity index (χ2n) is 7.35. The summed E-state index contributed by atoms with van der Waals surface area (Å²) in [7, 11) is 0. The number of carbonyl (C=O) groups is 1. The van der Waals surface area contributed by atoms with E-state index in [9.17, 15) is 9.18 Å². The van der Waals surface area contributed by atoms with Gasteiger partial charge in [-0.15, -0.1) is 0 Å². The minimum absolute atomic E-state index is 0.0185. The van der Waals surface area contributed by atoms with E-state index in [0.717, 1.165) is 12.0 Å². The summed E-state index contributed by atoms with van der Waals surface area (Å²) in [4.78, 5) is 16.8. The summed E-state index contributed by atoms with van der Waals surface area (Å²) in [5.41, 5.74) is 0.755. The van der Waals surface area contributed by atoms with Crippen LogP contribution in [0.3, 0.4) is 0 Å². The normalized spacial score (nSPS) is 24.3. The van der Waals surface area contributed by atoms with E-state index in [4.69, 9.17) is 4.74 Å². The highest BCUT2D eigenvalue weighted by atomic mass is 19.1. The molecule has 1 amide bonds. The number of rotatable bonds is 5. The molecule has 1 aromatic carbocycles. The molecular formula is C21H24FN3O2. The molecule has 0 spiro atoms. The van der Waals surface area contributed by atoms with Gasteiger partial charge in [-0.2, -0.15) is 0 Å². The number of nitrogens with zero attached hydrogens (tertiary/aromatic N) is 1. The van der Waals surface area contributed by atoms with Crippen LogP contribution in [0.4, 0.5) is 4.39 Å². The lowest BCUT2D eigenvalue weighted by Gasteiger charge is -2.24. The van der Waals surface area contributed by atoms with Gasteiger partial charge in [0.2, 0.25) is 11.8 Å². The number of ether oxygens (including phenoxy) is 1. The van der Waals surface area contributed by atoms with Crippen LogP contribution in [0.25, 0.3) is 0 Å². The fourth-order valence-corrected chi connectivity index (χ4v) is 4.12. The summed E-state index contributed by atoms with van der Waals surface area (Å²) in [6, 6.07) is 9.93. The molecule has 1 aliphatic heterocycles. The van der Waals surface area contributed by atoms with Crippen molar-refractivity contribution in [1.82, 2.24) is 15.6 Å². The number of hydrogen-bond acceptors (Lipinski definition) is 4. The molecular weight excluding hydrogens is 345 g/mol. The minimum atomic E-state index is -0.368. The number of carbonyl (C=O) groups excluding carboxylic acids is 1. The zero-order valence-corrected chi connectivity index (χ0v) is 15.2. The van der Waals surface area contributed by atoms with Crippen molar-refractivity contribution in [1.29, 1.82) is 0 Å². The fourth-order valence-electron chi connectivity index (χ4n) is 4.12. The second-order valence-corrected chi connectivity index (χ2v) is 7.35. The maximum Gasteiger partial charge on any atom is 0.237 e. The number of fused-ring (bicyclic) bond motifs is 1. The fraction of sp³-hybridized carbons (Fsp3) is 0.429.